The summed E-state index contributed by atoms with van der Waals surface area (Å²) in [6, 6.07) is -1.01. The lowest BCUT2D eigenvalue weighted by Crippen LogP contribution is -2.55. The maximum atomic E-state index is 12.9. The zero-order valence-corrected chi connectivity index (χ0v) is 19.0. The molecule has 0 saturated carbocycles. The fraction of sp³-hybridized carbons (Fsp3) is 0.789. The van der Waals surface area contributed by atoms with Crippen molar-refractivity contribution in [3.63, 3.8) is 0 Å². The summed E-state index contributed by atoms with van der Waals surface area (Å²) < 4.78 is 14.5. The number of carbonyl (C=O) groups excluding carboxylic acids is 4. The number of nitrogens with one attached hydrogen (secondary N) is 1. The molecular formula is C19H32N2O7S. The van der Waals surface area contributed by atoms with E-state index in [-0.39, 0.29) is 6.61 Å². The number of carbonyl (C=O) groups is 4. The first-order chi connectivity index (χ1) is 13.3. The Labute approximate surface area is 176 Å². The van der Waals surface area contributed by atoms with Gasteiger partial charge in [0, 0.05) is 4.75 Å². The van der Waals surface area contributed by atoms with Gasteiger partial charge in [0.2, 0.25) is 5.91 Å². The highest BCUT2D eigenvalue weighted by molar-refractivity contribution is 8.02. The van der Waals surface area contributed by atoms with Gasteiger partial charge in [0.1, 0.15) is 18.2 Å². The molecule has 0 aromatic rings. The van der Waals surface area contributed by atoms with Crippen molar-refractivity contribution < 1.29 is 33.4 Å². The molecule has 1 fully saturated rings. The third kappa shape index (κ3) is 7.09. The summed E-state index contributed by atoms with van der Waals surface area (Å²) in [5.41, 5.74) is -0.723. The molecule has 0 aromatic heterocycles. The highest BCUT2D eigenvalue weighted by Gasteiger charge is 2.56. The van der Waals surface area contributed by atoms with Crippen LogP contribution in [0.4, 0.5) is 4.79 Å². The zero-order valence-electron chi connectivity index (χ0n) is 18.2. The summed E-state index contributed by atoms with van der Waals surface area (Å²) in [5, 5.41) is 1.35. The van der Waals surface area contributed by atoms with Gasteiger partial charge < -0.3 is 24.4 Å². The largest absolute Gasteiger partial charge is 0.467 e. The number of nitrogens with zero attached hydrogens (tertiary/aromatic N) is 1. The number of methoxy groups -OCH3 is 1. The van der Waals surface area contributed by atoms with E-state index in [2.05, 4.69) is 5.32 Å². The maximum absolute atomic E-state index is 12.9. The maximum Gasteiger partial charge on any atom is 0.408 e. The van der Waals surface area contributed by atoms with Crippen molar-refractivity contribution in [2.75, 3.05) is 20.3 Å². The Balaban J connectivity index is 3.01. The molecule has 0 aliphatic carbocycles. The molecule has 2 amide bonds. The quantitative estimate of drug-likeness (QED) is 0.370. The van der Waals surface area contributed by atoms with Gasteiger partial charge in [-0.2, -0.15) is 0 Å². The Kier molecular flexibility index (Phi) is 8.80. The summed E-state index contributed by atoms with van der Waals surface area (Å²) in [6.45, 7) is 10.4. The van der Waals surface area contributed by atoms with E-state index in [0.717, 1.165) is 23.1 Å². The van der Waals surface area contributed by atoms with E-state index in [1.807, 2.05) is 6.92 Å². The smallest absolute Gasteiger partial charge is 0.408 e. The fourth-order valence-corrected chi connectivity index (χ4v) is 4.20. The minimum atomic E-state index is -1.01. The van der Waals surface area contributed by atoms with E-state index in [1.54, 1.807) is 34.6 Å². The van der Waals surface area contributed by atoms with Gasteiger partial charge in [-0.1, -0.05) is 13.3 Å². The highest BCUT2D eigenvalue weighted by atomic mass is 32.2. The Hall–Kier alpha value is -1.97. The van der Waals surface area contributed by atoms with Crippen molar-refractivity contribution in [1.29, 1.82) is 0 Å². The van der Waals surface area contributed by atoms with Gasteiger partial charge in [-0.3, -0.25) is 4.79 Å². The van der Waals surface area contributed by atoms with Crippen LogP contribution < -0.4 is 5.32 Å². The van der Waals surface area contributed by atoms with E-state index in [9.17, 15) is 19.2 Å². The summed E-state index contributed by atoms with van der Waals surface area (Å²) in [5.74, 6) is -1.85. The molecule has 2 unspecified atom stereocenters. The predicted octanol–water partition coefficient (Wildman–Crippen LogP) is 2.08. The first kappa shape index (κ1) is 25.1. The van der Waals surface area contributed by atoms with Crippen molar-refractivity contribution in [1.82, 2.24) is 10.2 Å². The van der Waals surface area contributed by atoms with Crippen molar-refractivity contribution in [2.24, 2.45) is 0 Å². The molecule has 1 aliphatic rings. The van der Waals surface area contributed by atoms with Gasteiger partial charge in [0.15, 0.2) is 5.37 Å². The highest BCUT2D eigenvalue weighted by Crippen LogP contribution is 2.45. The molecule has 0 bridgehead atoms. The molecule has 1 heterocycles. The van der Waals surface area contributed by atoms with Crippen LogP contribution in [0.3, 0.4) is 0 Å². The van der Waals surface area contributed by atoms with Gasteiger partial charge in [0.05, 0.1) is 13.7 Å². The van der Waals surface area contributed by atoms with Crippen molar-refractivity contribution in [3.8, 4) is 0 Å². The third-order valence-electron chi connectivity index (χ3n) is 4.04. The second-order valence-corrected chi connectivity index (χ2v) is 9.91. The molecule has 29 heavy (non-hydrogen) atoms. The predicted molar refractivity (Wildman–Crippen MR) is 108 cm³/mol. The molecular weight excluding hydrogens is 400 g/mol. The average molecular weight is 433 g/mol. The number of hydrogen-bond acceptors (Lipinski definition) is 8. The first-order valence-electron chi connectivity index (χ1n) is 9.54. The molecule has 166 valence electrons. The second-order valence-electron chi connectivity index (χ2n) is 8.18. The molecule has 1 rings (SSSR count). The summed E-state index contributed by atoms with van der Waals surface area (Å²) in [4.78, 5) is 50.9. The number of hydrogen-bond donors (Lipinski definition) is 1. The minimum absolute atomic E-state index is 0.230. The molecule has 0 spiro atoms. The van der Waals surface area contributed by atoms with Crippen LogP contribution in [0.15, 0.2) is 0 Å². The van der Waals surface area contributed by atoms with Crippen LogP contribution in [-0.2, 0) is 28.6 Å². The number of unbranched alkanes of at least 4 members (excludes halogenated alkanes) is 1. The first-order valence-corrected chi connectivity index (χ1v) is 10.4. The van der Waals surface area contributed by atoms with Gasteiger partial charge >= 0.3 is 18.0 Å². The fourth-order valence-electron chi connectivity index (χ4n) is 2.77. The van der Waals surface area contributed by atoms with Crippen molar-refractivity contribution in [2.45, 2.75) is 76.1 Å². The summed E-state index contributed by atoms with van der Waals surface area (Å²) in [7, 11) is 1.22. The van der Waals surface area contributed by atoms with Crippen LogP contribution in [0, 0.1) is 0 Å². The number of alkyl carbamates (subject to hydrolysis) is 1. The van der Waals surface area contributed by atoms with Crippen LogP contribution in [-0.4, -0.2) is 70.9 Å². The molecule has 2 atom stereocenters. The lowest BCUT2D eigenvalue weighted by atomic mass is 10.0. The molecule has 0 radical (unpaired) electrons. The van der Waals surface area contributed by atoms with Crippen LogP contribution in [0.2, 0.25) is 0 Å². The topological polar surface area (TPSA) is 111 Å². The Bertz CT molecular complexity index is 631. The molecule has 9 nitrogen and oxygen atoms in total. The number of amides is 2. The average Bonchev–Trinajstić information content (AvgIpc) is 2.89. The standard InChI is InChI=1S/C19H32N2O7S/c1-8-9-10-27-16(24)14-21(13(15(23)26-7)19(5,6)29-14)12(22)11-20-17(25)28-18(2,3)4/h13-14H,8-11H2,1-7H3,(H,20,25). The SMILES string of the molecule is CCCCOC(=O)C1SC(C)(C)C(C(=O)OC)N1C(=O)CNC(=O)OC(C)(C)C. The monoisotopic (exact) mass is 432 g/mol. The molecule has 10 heteroatoms. The van der Waals surface area contributed by atoms with E-state index < -0.39 is 52.2 Å². The normalized spacial score (nSPS) is 20.7. The van der Waals surface area contributed by atoms with Crippen LogP contribution in [0.25, 0.3) is 0 Å². The second kappa shape index (κ2) is 10.2. The molecule has 1 saturated heterocycles. The van der Waals surface area contributed by atoms with Crippen LogP contribution >= 0.6 is 11.8 Å². The van der Waals surface area contributed by atoms with Gasteiger partial charge in [-0.25, -0.2) is 14.4 Å². The van der Waals surface area contributed by atoms with Crippen LogP contribution in [0.5, 0.6) is 0 Å². The Morgan fingerprint density at radius 2 is 1.76 bits per heavy atom. The third-order valence-corrected chi connectivity index (χ3v) is 5.52. The van der Waals surface area contributed by atoms with Gasteiger partial charge in [-0.15, -0.1) is 11.8 Å². The molecule has 0 aromatic carbocycles. The molecule has 1 aliphatic heterocycles. The van der Waals surface area contributed by atoms with Crippen molar-refractivity contribution in [3.05, 3.63) is 0 Å². The van der Waals surface area contributed by atoms with E-state index in [1.165, 1.54) is 7.11 Å². The Morgan fingerprint density at radius 1 is 1.14 bits per heavy atom. The zero-order chi connectivity index (χ0) is 22.4. The van der Waals surface area contributed by atoms with Crippen LogP contribution in [0.1, 0.15) is 54.4 Å². The number of esters is 2. The lowest BCUT2D eigenvalue weighted by Gasteiger charge is -2.30. The van der Waals surface area contributed by atoms with E-state index in [4.69, 9.17) is 14.2 Å². The molecule has 1 N–H and O–H groups in total. The number of ether oxygens (including phenoxy) is 3. The van der Waals surface area contributed by atoms with E-state index in [0.29, 0.717) is 6.42 Å². The minimum Gasteiger partial charge on any atom is -0.467 e. The van der Waals surface area contributed by atoms with E-state index >= 15 is 0 Å². The van der Waals surface area contributed by atoms with Crippen molar-refractivity contribution >= 4 is 35.7 Å². The lowest BCUT2D eigenvalue weighted by molar-refractivity contribution is -0.158. The van der Waals surface area contributed by atoms with Gasteiger partial charge in [0.25, 0.3) is 0 Å². The van der Waals surface area contributed by atoms with Gasteiger partial charge in [-0.05, 0) is 41.0 Å². The number of rotatable bonds is 7. The summed E-state index contributed by atoms with van der Waals surface area (Å²) >= 11 is 1.15. The number of thioether (sulfide) groups is 1. The Morgan fingerprint density at radius 3 is 2.28 bits per heavy atom. The summed E-state index contributed by atoms with van der Waals surface area (Å²) in [6.07, 6.45) is 0.777.